The van der Waals surface area contributed by atoms with E-state index in [0.29, 0.717) is 15.1 Å². The fourth-order valence-electron chi connectivity index (χ4n) is 1.50. The summed E-state index contributed by atoms with van der Waals surface area (Å²) in [4.78, 5) is 4.35. The van der Waals surface area contributed by atoms with Crippen LogP contribution in [-0.2, 0) is 0 Å². The molecule has 17 heavy (non-hydrogen) atoms. The van der Waals surface area contributed by atoms with Gasteiger partial charge < -0.3 is 0 Å². The summed E-state index contributed by atoms with van der Waals surface area (Å²) in [5.74, 6) is 0. The Balaban J connectivity index is 2.61. The van der Waals surface area contributed by atoms with Crippen LogP contribution in [-0.4, -0.2) is 4.98 Å². The molecule has 2 rings (SSSR count). The van der Waals surface area contributed by atoms with Crippen LogP contribution in [0, 0.1) is 13.8 Å². The Morgan fingerprint density at radius 2 is 1.65 bits per heavy atom. The van der Waals surface area contributed by atoms with Crippen molar-refractivity contribution in [2.45, 2.75) is 13.8 Å². The molecule has 1 heterocycles. The van der Waals surface area contributed by atoms with Crippen molar-refractivity contribution in [3.05, 3.63) is 50.6 Å². The molecule has 0 unspecified atom stereocenters. The highest BCUT2D eigenvalue weighted by Crippen LogP contribution is 2.37. The van der Waals surface area contributed by atoms with Gasteiger partial charge in [0, 0.05) is 11.8 Å². The highest BCUT2D eigenvalue weighted by Gasteiger charge is 2.11. The fraction of sp³-hybridized carbons (Fsp3) is 0.154. The van der Waals surface area contributed by atoms with E-state index in [-0.39, 0.29) is 0 Å². The van der Waals surface area contributed by atoms with Crippen molar-refractivity contribution in [3.8, 4) is 11.3 Å². The predicted molar refractivity (Wildman–Crippen MR) is 74.2 cm³/mol. The third-order valence-corrected chi connectivity index (χ3v) is 3.98. The van der Waals surface area contributed by atoms with Gasteiger partial charge in [-0.2, -0.15) is 0 Å². The van der Waals surface area contributed by atoms with E-state index in [9.17, 15) is 0 Å². The van der Waals surface area contributed by atoms with E-state index < -0.39 is 0 Å². The number of nitrogens with zero attached hydrogens (tertiary/aromatic N) is 1. The summed E-state index contributed by atoms with van der Waals surface area (Å²) in [7, 11) is 0. The topological polar surface area (TPSA) is 12.9 Å². The lowest BCUT2D eigenvalue weighted by Crippen LogP contribution is -1.89. The van der Waals surface area contributed by atoms with Crippen molar-refractivity contribution in [2.75, 3.05) is 0 Å². The zero-order valence-electron chi connectivity index (χ0n) is 9.39. The molecule has 1 nitrogen and oxygen atoms in total. The summed E-state index contributed by atoms with van der Waals surface area (Å²) in [5, 5.41) is 1.25. The van der Waals surface area contributed by atoms with Gasteiger partial charge in [0.15, 0.2) is 0 Å². The average molecular weight is 287 g/mol. The fourth-order valence-corrected chi connectivity index (χ4v) is 2.13. The Hall–Kier alpha value is -0.760. The molecule has 0 aliphatic heterocycles. The lowest BCUT2D eigenvalue weighted by atomic mass is 10.1. The molecule has 0 bridgehead atoms. The third-order valence-electron chi connectivity index (χ3n) is 2.68. The van der Waals surface area contributed by atoms with Crippen molar-refractivity contribution < 1.29 is 0 Å². The van der Waals surface area contributed by atoms with Crippen molar-refractivity contribution in [1.29, 1.82) is 0 Å². The van der Waals surface area contributed by atoms with Crippen LogP contribution in [0.15, 0.2) is 24.4 Å². The van der Waals surface area contributed by atoms with Gasteiger partial charge in [0.1, 0.15) is 0 Å². The van der Waals surface area contributed by atoms with Gasteiger partial charge in [0.2, 0.25) is 0 Å². The molecule has 88 valence electrons. The maximum absolute atomic E-state index is 6.17. The van der Waals surface area contributed by atoms with Crippen LogP contribution >= 0.6 is 34.8 Å². The van der Waals surface area contributed by atoms with E-state index in [0.717, 1.165) is 22.4 Å². The van der Waals surface area contributed by atoms with Gasteiger partial charge in [0.25, 0.3) is 0 Å². The first-order chi connectivity index (χ1) is 8.00. The summed E-state index contributed by atoms with van der Waals surface area (Å²) in [6.45, 7) is 4.05. The molecule has 1 aromatic carbocycles. The minimum Gasteiger partial charge on any atom is -0.256 e. The lowest BCUT2D eigenvalue weighted by molar-refractivity contribution is 1.22. The molecular formula is C13H10Cl3N. The molecule has 0 amide bonds. The Labute approximate surface area is 115 Å². The molecule has 2 aromatic rings. The number of benzene rings is 1. The number of aryl methyl sites for hydroxylation is 2. The van der Waals surface area contributed by atoms with Gasteiger partial charge in [-0.15, -0.1) is 0 Å². The number of hydrogen-bond donors (Lipinski definition) is 0. The first-order valence-electron chi connectivity index (χ1n) is 5.08. The van der Waals surface area contributed by atoms with E-state index in [1.165, 1.54) is 0 Å². The molecule has 0 atom stereocenters. The highest BCUT2D eigenvalue weighted by atomic mass is 35.5. The quantitative estimate of drug-likeness (QED) is 0.646. The summed E-state index contributed by atoms with van der Waals surface area (Å²) in [5.41, 5.74) is 3.91. The van der Waals surface area contributed by atoms with Gasteiger partial charge in [-0.25, -0.2) is 0 Å². The Kier molecular flexibility index (Phi) is 3.62. The molecule has 1 aromatic heterocycles. The van der Waals surface area contributed by atoms with E-state index in [1.807, 2.05) is 32.2 Å². The number of aromatic nitrogens is 1. The summed E-state index contributed by atoms with van der Waals surface area (Å²) < 4.78 is 0. The maximum atomic E-state index is 6.17. The second-order valence-electron chi connectivity index (χ2n) is 3.88. The third kappa shape index (κ3) is 2.42. The molecule has 0 aliphatic carbocycles. The molecule has 0 spiro atoms. The van der Waals surface area contributed by atoms with E-state index in [1.54, 1.807) is 6.07 Å². The molecule has 0 saturated heterocycles. The smallest absolute Gasteiger partial charge is 0.0785 e. The minimum atomic E-state index is 0.367. The van der Waals surface area contributed by atoms with Crippen LogP contribution in [0.3, 0.4) is 0 Å². The number of halogens is 3. The first-order valence-corrected chi connectivity index (χ1v) is 6.21. The Morgan fingerprint density at radius 3 is 2.29 bits per heavy atom. The van der Waals surface area contributed by atoms with E-state index in [2.05, 4.69) is 4.98 Å². The Bertz CT molecular complexity index is 579. The van der Waals surface area contributed by atoms with Crippen LogP contribution in [0.25, 0.3) is 11.3 Å². The molecule has 0 saturated carbocycles. The van der Waals surface area contributed by atoms with Gasteiger partial charge in [-0.1, -0.05) is 34.8 Å². The van der Waals surface area contributed by atoms with Crippen molar-refractivity contribution in [1.82, 2.24) is 4.98 Å². The van der Waals surface area contributed by atoms with Crippen LogP contribution in [0.1, 0.15) is 11.1 Å². The second kappa shape index (κ2) is 4.85. The predicted octanol–water partition coefficient (Wildman–Crippen LogP) is 5.33. The average Bonchev–Trinajstić information content (AvgIpc) is 2.30. The zero-order valence-corrected chi connectivity index (χ0v) is 11.7. The molecule has 0 fully saturated rings. The largest absolute Gasteiger partial charge is 0.256 e. The van der Waals surface area contributed by atoms with Crippen molar-refractivity contribution in [3.63, 3.8) is 0 Å². The summed E-state index contributed by atoms with van der Waals surface area (Å²) in [6, 6.07) is 5.54. The van der Waals surface area contributed by atoms with Crippen LogP contribution < -0.4 is 0 Å². The number of pyridine rings is 1. The highest BCUT2D eigenvalue weighted by molar-refractivity contribution is 6.49. The van der Waals surface area contributed by atoms with Gasteiger partial charge in [-0.3, -0.25) is 4.98 Å². The standard InChI is InChI=1S/C13H10Cl3N/c1-7-5-11(17-6-8(7)2)9-3-4-10(14)13(16)12(9)15/h3-6H,1-2H3. The van der Waals surface area contributed by atoms with Gasteiger partial charge in [-0.05, 0) is 43.2 Å². The Morgan fingerprint density at radius 1 is 0.941 bits per heavy atom. The van der Waals surface area contributed by atoms with E-state index >= 15 is 0 Å². The van der Waals surface area contributed by atoms with Crippen LogP contribution in [0.2, 0.25) is 15.1 Å². The van der Waals surface area contributed by atoms with Gasteiger partial charge in [0.05, 0.1) is 20.8 Å². The SMILES string of the molecule is Cc1cnc(-c2ccc(Cl)c(Cl)c2Cl)cc1C. The molecule has 0 aliphatic rings. The second-order valence-corrected chi connectivity index (χ2v) is 5.04. The number of rotatable bonds is 1. The lowest BCUT2D eigenvalue weighted by Gasteiger charge is -2.08. The molecule has 0 N–H and O–H groups in total. The number of hydrogen-bond acceptors (Lipinski definition) is 1. The summed E-state index contributed by atoms with van der Waals surface area (Å²) >= 11 is 18.1. The van der Waals surface area contributed by atoms with Crippen molar-refractivity contribution >= 4 is 34.8 Å². The monoisotopic (exact) mass is 285 g/mol. The normalized spacial score (nSPS) is 10.6. The van der Waals surface area contributed by atoms with Crippen molar-refractivity contribution in [2.24, 2.45) is 0 Å². The maximum Gasteiger partial charge on any atom is 0.0785 e. The molecule has 4 heteroatoms. The zero-order chi connectivity index (χ0) is 12.6. The first kappa shape index (κ1) is 12.7. The minimum absolute atomic E-state index is 0.367. The van der Waals surface area contributed by atoms with E-state index in [4.69, 9.17) is 34.8 Å². The summed E-state index contributed by atoms with van der Waals surface area (Å²) in [6.07, 6.45) is 1.82. The van der Waals surface area contributed by atoms with Crippen LogP contribution in [0.5, 0.6) is 0 Å². The molecular weight excluding hydrogens is 277 g/mol. The molecule has 0 radical (unpaired) electrons. The van der Waals surface area contributed by atoms with Gasteiger partial charge >= 0.3 is 0 Å². The van der Waals surface area contributed by atoms with Crippen LogP contribution in [0.4, 0.5) is 0 Å².